The molecule has 0 radical (unpaired) electrons. The Bertz CT molecular complexity index is 1050. The molecule has 2 heterocycles. The molecule has 1 atom stereocenters. The molecule has 5 nitrogen and oxygen atoms in total. The van der Waals surface area contributed by atoms with Crippen LogP contribution in [0.1, 0.15) is 28.3 Å². The molecule has 2 aromatic carbocycles. The molecule has 7 heteroatoms. The summed E-state index contributed by atoms with van der Waals surface area (Å²) in [5, 5.41) is 10.2. The van der Waals surface area contributed by atoms with Gasteiger partial charge in [-0.2, -0.15) is 11.3 Å². The first-order valence-electron chi connectivity index (χ1n) is 10.2. The molecular formula is C24H24ClN3O2S. The molecule has 1 aliphatic rings. The zero-order chi connectivity index (χ0) is 21.6. The Morgan fingerprint density at radius 1 is 1.00 bits per heavy atom. The predicted molar refractivity (Wildman–Crippen MR) is 124 cm³/mol. The summed E-state index contributed by atoms with van der Waals surface area (Å²) in [4.78, 5) is 27.1. The summed E-state index contributed by atoms with van der Waals surface area (Å²) >= 11 is 7.75. The number of fused-ring (bicyclic) bond motifs is 1. The van der Waals surface area contributed by atoms with Crippen LogP contribution in [0.5, 0.6) is 0 Å². The number of hydrogen-bond donors (Lipinski definition) is 2. The summed E-state index contributed by atoms with van der Waals surface area (Å²) in [6.45, 7) is 2.32. The molecule has 2 amide bonds. The Kier molecular flexibility index (Phi) is 7.02. The van der Waals surface area contributed by atoms with Gasteiger partial charge in [0.05, 0.1) is 6.04 Å². The highest BCUT2D eigenvalue weighted by Crippen LogP contribution is 2.28. The van der Waals surface area contributed by atoms with Crippen LogP contribution in [-0.4, -0.2) is 29.8 Å². The highest BCUT2D eigenvalue weighted by Gasteiger charge is 2.26. The second-order valence-corrected chi connectivity index (χ2v) is 8.73. The van der Waals surface area contributed by atoms with Crippen molar-refractivity contribution in [1.82, 2.24) is 15.5 Å². The highest BCUT2D eigenvalue weighted by molar-refractivity contribution is 7.08. The van der Waals surface area contributed by atoms with Crippen molar-refractivity contribution in [3.05, 3.63) is 92.6 Å². The van der Waals surface area contributed by atoms with E-state index in [-0.39, 0.29) is 12.6 Å². The van der Waals surface area contributed by atoms with Crippen molar-refractivity contribution in [1.29, 1.82) is 0 Å². The molecule has 1 aromatic heterocycles. The SMILES string of the molecule is O=C(NCc1ccccc1Cl)C(=O)NCC(c1ccsc1)N1CCc2ccccc2C1. The number of hydrogen-bond acceptors (Lipinski definition) is 4. The Labute approximate surface area is 191 Å². The summed E-state index contributed by atoms with van der Waals surface area (Å²) in [5.41, 5.74) is 4.62. The van der Waals surface area contributed by atoms with Gasteiger partial charge in [0.2, 0.25) is 0 Å². The fraction of sp³-hybridized carbons (Fsp3) is 0.250. The largest absolute Gasteiger partial charge is 0.346 e. The van der Waals surface area contributed by atoms with Crippen molar-refractivity contribution in [3.8, 4) is 0 Å². The van der Waals surface area contributed by atoms with Gasteiger partial charge in [0, 0.05) is 31.2 Å². The summed E-state index contributed by atoms with van der Waals surface area (Å²) in [6.07, 6.45) is 0.975. The normalized spacial score (nSPS) is 14.5. The number of carbonyl (C=O) groups is 2. The van der Waals surface area contributed by atoms with Crippen LogP contribution in [0.2, 0.25) is 5.02 Å². The van der Waals surface area contributed by atoms with E-state index in [1.807, 2.05) is 23.6 Å². The fourth-order valence-corrected chi connectivity index (χ4v) is 4.78. The van der Waals surface area contributed by atoms with Crippen molar-refractivity contribution in [2.24, 2.45) is 0 Å². The van der Waals surface area contributed by atoms with Gasteiger partial charge in [-0.25, -0.2) is 0 Å². The third-order valence-corrected chi connectivity index (χ3v) is 6.66. The molecule has 0 saturated carbocycles. The number of nitrogens with zero attached hydrogens (tertiary/aromatic N) is 1. The van der Waals surface area contributed by atoms with Gasteiger partial charge < -0.3 is 10.6 Å². The van der Waals surface area contributed by atoms with E-state index in [0.29, 0.717) is 11.6 Å². The van der Waals surface area contributed by atoms with E-state index in [1.54, 1.807) is 17.4 Å². The second-order valence-electron chi connectivity index (χ2n) is 7.55. The first-order valence-corrected chi connectivity index (χ1v) is 11.6. The van der Waals surface area contributed by atoms with Gasteiger partial charge in [-0.1, -0.05) is 54.1 Å². The van der Waals surface area contributed by atoms with Crippen molar-refractivity contribution < 1.29 is 9.59 Å². The third-order valence-electron chi connectivity index (χ3n) is 5.59. The van der Waals surface area contributed by atoms with Crippen LogP contribution >= 0.6 is 22.9 Å². The van der Waals surface area contributed by atoms with Crippen molar-refractivity contribution >= 4 is 34.8 Å². The Morgan fingerprint density at radius 2 is 1.74 bits per heavy atom. The molecule has 0 spiro atoms. The van der Waals surface area contributed by atoms with E-state index in [2.05, 4.69) is 51.2 Å². The van der Waals surface area contributed by atoms with E-state index in [9.17, 15) is 9.59 Å². The lowest BCUT2D eigenvalue weighted by Gasteiger charge is -2.35. The minimum Gasteiger partial charge on any atom is -0.346 e. The minimum absolute atomic E-state index is 0.0138. The number of benzene rings is 2. The average Bonchev–Trinajstić information content (AvgIpc) is 3.33. The van der Waals surface area contributed by atoms with Crippen LogP contribution in [-0.2, 0) is 29.1 Å². The first kappa shape index (κ1) is 21.6. The third kappa shape index (κ3) is 5.34. The predicted octanol–water partition coefficient (Wildman–Crippen LogP) is 3.93. The number of nitrogens with one attached hydrogen (secondary N) is 2. The number of amides is 2. The zero-order valence-electron chi connectivity index (χ0n) is 17.0. The average molecular weight is 454 g/mol. The van der Waals surface area contributed by atoms with E-state index in [0.717, 1.165) is 30.6 Å². The van der Waals surface area contributed by atoms with E-state index < -0.39 is 11.8 Å². The van der Waals surface area contributed by atoms with Crippen molar-refractivity contribution in [3.63, 3.8) is 0 Å². The van der Waals surface area contributed by atoms with Crippen molar-refractivity contribution in [2.75, 3.05) is 13.1 Å². The lowest BCUT2D eigenvalue weighted by atomic mass is 9.97. The number of thiophene rings is 1. The van der Waals surface area contributed by atoms with Crippen LogP contribution in [0.4, 0.5) is 0 Å². The standard InChI is InChI=1S/C24H24ClN3O2S/c25-21-8-4-3-6-18(21)13-26-23(29)24(30)27-14-22(20-10-12-31-16-20)28-11-9-17-5-1-2-7-19(17)15-28/h1-8,10,12,16,22H,9,11,13-15H2,(H,26,29)(H,27,30). The quantitative estimate of drug-likeness (QED) is 0.556. The maximum Gasteiger partial charge on any atom is 0.309 e. The van der Waals surface area contributed by atoms with Gasteiger partial charge in [-0.3, -0.25) is 14.5 Å². The molecule has 0 fully saturated rings. The van der Waals surface area contributed by atoms with Crippen LogP contribution in [0.15, 0.2) is 65.4 Å². The second kappa shape index (κ2) is 10.1. The molecule has 31 heavy (non-hydrogen) atoms. The molecule has 1 unspecified atom stereocenters. The highest BCUT2D eigenvalue weighted by atomic mass is 35.5. The molecule has 2 N–H and O–H groups in total. The van der Waals surface area contributed by atoms with E-state index in [1.165, 1.54) is 11.1 Å². The fourth-order valence-electron chi connectivity index (χ4n) is 3.87. The Balaban J connectivity index is 1.37. The van der Waals surface area contributed by atoms with Crippen LogP contribution < -0.4 is 10.6 Å². The molecule has 160 valence electrons. The van der Waals surface area contributed by atoms with Gasteiger partial charge >= 0.3 is 11.8 Å². The summed E-state index contributed by atoms with van der Waals surface area (Å²) < 4.78 is 0. The topological polar surface area (TPSA) is 61.4 Å². The van der Waals surface area contributed by atoms with Crippen molar-refractivity contribution in [2.45, 2.75) is 25.6 Å². The summed E-state index contributed by atoms with van der Waals surface area (Å²) in [5.74, 6) is -1.29. The van der Waals surface area contributed by atoms with Gasteiger partial charge in [0.1, 0.15) is 0 Å². The van der Waals surface area contributed by atoms with Gasteiger partial charge in [0.15, 0.2) is 0 Å². The van der Waals surface area contributed by atoms with Crippen LogP contribution in [0.25, 0.3) is 0 Å². The van der Waals surface area contributed by atoms with Gasteiger partial charge in [0.25, 0.3) is 0 Å². The van der Waals surface area contributed by atoms with E-state index in [4.69, 9.17) is 11.6 Å². The lowest BCUT2D eigenvalue weighted by Crippen LogP contribution is -2.45. The van der Waals surface area contributed by atoms with E-state index >= 15 is 0 Å². The molecule has 3 aromatic rings. The maximum absolute atomic E-state index is 12.4. The van der Waals surface area contributed by atoms with Crippen LogP contribution in [0.3, 0.4) is 0 Å². The van der Waals surface area contributed by atoms with Gasteiger partial charge in [-0.15, -0.1) is 0 Å². The Morgan fingerprint density at radius 3 is 2.52 bits per heavy atom. The first-order chi connectivity index (χ1) is 15.1. The molecule has 0 aliphatic carbocycles. The zero-order valence-corrected chi connectivity index (χ0v) is 18.6. The smallest absolute Gasteiger partial charge is 0.309 e. The monoisotopic (exact) mass is 453 g/mol. The van der Waals surface area contributed by atoms with Crippen LogP contribution in [0, 0.1) is 0 Å². The minimum atomic E-state index is -0.659. The molecular weight excluding hydrogens is 430 g/mol. The number of carbonyl (C=O) groups excluding carboxylic acids is 2. The molecule has 1 aliphatic heterocycles. The van der Waals surface area contributed by atoms with Gasteiger partial charge in [-0.05, 0) is 51.6 Å². The molecule has 0 bridgehead atoms. The molecule has 4 rings (SSSR count). The summed E-state index contributed by atoms with van der Waals surface area (Å²) in [7, 11) is 0. The number of rotatable bonds is 6. The lowest BCUT2D eigenvalue weighted by molar-refractivity contribution is -0.139. The maximum atomic E-state index is 12.4. The summed E-state index contributed by atoms with van der Waals surface area (Å²) in [6, 6.07) is 17.8. The molecule has 0 saturated heterocycles. The Hall–Kier alpha value is -2.67. The number of halogens is 1.